The van der Waals surface area contributed by atoms with Gasteiger partial charge in [0.05, 0.1) is 13.2 Å². The molecule has 2 unspecified atom stereocenters. The molecule has 0 spiro atoms. The van der Waals surface area contributed by atoms with Gasteiger partial charge in [-0.1, -0.05) is 91.0 Å². The molecule has 0 radical (unpaired) electrons. The number of carbonyl (C=O) groups excluding carboxylic acids is 1. The van der Waals surface area contributed by atoms with E-state index in [1.165, 1.54) is 7.11 Å². The highest BCUT2D eigenvalue weighted by Crippen LogP contribution is 2.40. The number of methoxy groups -OCH3 is 1. The molecule has 150 valence electrons. The van der Waals surface area contributed by atoms with E-state index in [2.05, 4.69) is 53.5 Å². The van der Waals surface area contributed by atoms with Gasteiger partial charge in [0.2, 0.25) is 0 Å². The van der Waals surface area contributed by atoms with Crippen LogP contribution in [0.15, 0.2) is 103 Å². The van der Waals surface area contributed by atoms with Gasteiger partial charge in [-0.25, -0.2) is 4.79 Å². The number of nitrogens with zero attached hydrogens (tertiary/aromatic N) is 1. The van der Waals surface area contributed by atoms with Crippen molar-refractivity contribution in [2.75, 3.05) is 7.11 Å². The molecule has 2 atom stereocenters. The van der Waals surface area contributed by atoms with Crippen LogP contribution >= 0.6 is 0 Å². The first-order valence-electron chi connectivity index (χ1n) is 10.1. The number of allylic oxidation sites excluding steroid dienone is 2. The summed E-state index contributed by atoms with van der Waals surface area (Å²) in [5.41, 5.74) is 5.48. The fraction of sp³-hybridized carbons (Fsp3) is 0.148. The number of hydrogen-bond donors (Lipinski definition) is 0. The summed E-state index contributed by atoms with van der Waals surface area (Å²) in [6, 6.07) is 30.3. The Morgan fingerprint density at radius 3 is 1.93 bits per heavy atom. The van der Waals surface area contributed by atoms with Crippen LogP contribution in [0.2, 0.25) is 0 Å². The molecule has 0 aromatic heterocycles. The van der Waals surface area contributed by atoms with E-state index in [1.807, 2.05) is 61.5 Å². The molecule has 3 heteroatoms. The summed E-state index contributed by atoms with van der Waals surface area (Å²) in [6.45, 7) is 1.90. The lowest BCUT2D eigenvalue weighted by Gasteiger charge is -2.40. The number of carbonyl (C=O) groups is 1. The minimum atomic E-state index is -0.444. The summed E-state index contributed by atoms with van der Waals surface area (Å²) in [7, 11) is 1.44. The molecule has 0 N–H and O–H groups in total. The Bertz CT molecular complexity index is 1060. The normalized spacial score (nSPS) is 17.0. The van der Waals surface area contributed by atoms with E-state index in [0.29, 0.717) is 0 Å². The molecule has 0 fully saturated rings. The van der Waals surface area contributed by atoms with Gasteiger partial charge in [0.15, 0.2) is 0 Å². The Morgan fingerprint density at radius 2 is 1.37 bits per heavy atom. The molecule has 1 aliphatic rings. The topological polar surface area (TPSA) is 29.5 Å². The number of hydrogen-bond acceptors (Lipinski definition) is 3. The van der Waals surface area contributed by atoms with E-state index in [0.717, 1.165) is 28.0 Å². The van der Waals surface area contributed by atoms with Crippen LogP contribution in [0, 0.1) is 0 Å². The molecular weight excluding hydrogens is 370 g/mol. The van der Waals surface area contributed by atoms with Crippen LogP contribution in [-0.2, 0) is 9.53 Å². The fourth-order valence-corrected chi connectivity index (χ4v) is 3.96. The monoisotopic (exact) mass is 395 g/mol. The molecule has 30 heavy (non-hydrogen) atoms. The number of rotatable bonds is 5. The lowest BCUT2D eigenvalue weighted by Crippen LogP contribution is -2.41. The van der Waals surface area contributed by atoms with Gasteiger partial charge >= 0.3 is 5.97 Å². The van der Waals surface area contributed by atoms with Crippen LogP contribution < -0.4 is 0 Å². The largest absolute Gasteiger partial charge is 0.467 e. The molecular formula is C27H25NO2. The van der Waals surface area contributed by atoms with E-state index in [4.69, 9.17) is 4.74 Å². The van der Waals surface area contributed by atoms with Gasteiger partial charge in [-0.15, -0.1) is 0 Å². The Kier molecular flexibility index (Phi) is 5.80. The van der Waals surface area contributed by atoms with Gasteiger partial charge in [0, 0.05) is 5.70 Å². The molecule has 4 rings (SSSR count). The standard InChI is InChI=1S/C27H25NO2/c1-20(27(29)30-2)28-25(22-14-8-4-9-15-22)18-24(21-12-6-3-7-13-21)19-26(28)23-16-10-5-11-17-23/h3-20,25H,1-2H3. The average molecular weight is 396 g/mol. The molecule has 1 aliphatic heterocycles. The summed E-state index contributed by atoms with van der Waals surface area (Å²) in [5, 5.41) is 0. The third kappa shape index (κ3) is 3.92. The van der Waals surface area contributed by atoms with Crippen molar-refractivity contribution in [2.45, 2.75) is 19.0 Å². The molecule has 3 nitrogen and oxygen atoms in total. The first-order chi connectivity index (χ1) is 14.7. The van der Waals surface area contributed by atoms with E-state index in [-0.39, 0.29) is 12.0 Å². The first-order valence-corrected chi connectivity index (χ1v) is 10.1. The van der Waals surface area contributed by atoms with Crippen LogP contribution in [0.25, 0.3) is 11.3 Å². The van der Waals surface area contributed by atoms with Crippen molar-refractivity contribution >= 4 is 17.2 Å². The van der Waals surface area contributed by atoms with Gasteiger partial charge < -0.3 is 9.64 Å². The van der Waals surface area contributed by atoms with Gasteiger partial charge in [-0.2, -0.15) is 0 Å². The van der Waals surface area contributed by atoms with Gasteiger partial charge in [-0.05, 0) is 41.3 Å². The third-order valence-electron chi connectivity index (χ3n) is 5.48. The Hall–Kier alpha value is -3.59. The van der Waals surface area contributed by atoms with Crippen LogP contribution in [0.1, 0.15) is 29.7 Å². The summed E-state index contributed by atoms with van der Waals surface area (Å²) < 4.78 is 5.12. The van der Waals surface area contributed by atoms with Gasteiger partial charge in [-0.3, -0.25) is 0 Å². The predicted molar refractivity (Wildman–Crippen MR) is 121 cm³/mol. The smallest absolute Gasteiger partial charge is 0.328 e. The molecule has 0 amide bonds. The maximum Gasteiger partial charge on any atom is 0.328 e. The van der Waals surface area contributed by atoms with E-state index in [1.54, 1.807) is 0 Å². The quantitative estimate of drug-likeness (QED) is 0.517. The second-order valence-electron chi connectivity index (χ2n) is 7.35. The molecule has 3 aromatic carbocycles. The zero-order valence-corrected chi connectivity index (χ0v) is 17.2. The highest BCUT2D eigenvalue weighted by Gasteiger charge is 2.33. The maximum absolute atomic E-state index is 12.6. The summed E-state index contributed by atoms with van der Waals surface area (Å²) in [4.78, 5) is 14.8. The zero-order chi connectivity index (χ0) is 20.9. The molecule has 0 bridgehead atoms. The second-order valence-corrected chi connectivity index (χ2v) is 7.35. The van der Waals surface area contributed by atoms with Gasteiger partial charge in [0.1, 0.15) is 6.04 Å². The van der Waals surface area contributed by atoms with Crippen molar-refractivity contribution in [3.8, 4) is 0 Å². The van der Waals surface area contributed by atoms with Gasteiger partial charge in [0.25, 0.3) is 0 Å². The Labute approximate surface area is 177 Å². The second kappa shape index (κ2) is 8.83. The highest BCUT2D eigenvalue weighted by atomic mass is 16.5. The van der Waals surface area contributed by atoms with Crippen molar-refractivity contribution in [3.05, 3.63) is 120 Å². The lowest BCUT2D eigenvalue weighted by atomic mass is 9.90. The fourth-order valence-electron chi connectivity index (χ4n) is 3.96. The van der Waals surface area contributed by atoms with Crippen molar-refractivity contribution in [1.82, 2.24) is 4.90 Å². The summed E-state index contributed by atoms with van der Waals surface area (Å²) in [5.74, 6) is -0.255. The third-order valence-corrected chi connectivity index (χ3v) is 5.48. The van der Waals surface area contributed by atoms with Crippen LogP contribution in [0.4, 0.5) is 0 Å². The van der Waals surface area contributed by atoms with Crippen molar-refractivity contribution in [1.29, 1.82) is 0 Å². The highest BCUT2D eigenvalue weighted by molar-refractivity contribution is 5.88. The van der Waals surface area contributed by atoms with E-state index < -0.39 is 6.04 Å². The zero-order valence-electron chi connectivity index (χ0n) is 17.2. The van der Waals surface area contributed by atoms with Crippen LogP contribution in [0.5, 0.6) is 0 Å². The molecule has 0 saturated carbocycles. The van der Waals surface area contributed by atoms with E-state index >= 15 is 0 Å². The van der Waals surface area contributed by atoms with Crippen molar-refractivity contribution in [3.63, 3.8) is 0 Å². The minimum absolute atomic E-state index is 0.101. The number of ether oxygens (including phenoxy) is 1. The Balaban J connectivity index is 1.92. The SMILES string of the molecule is COC(=O)C(C)N1C(c2ccccc2)=CC(c2ccccc2)=CC1c1ccccc1. The molecule has 3 aromatic rings. The van der Waals surface area contributed by atoms with Crippen molar-refractivity contribution in [2.24, 2.45) is 0 Å². The van der Waals surface area contributed by atoms with Crippen LogP contribution in [-0.4, -0.2) is 24.0 Å². The minimum Gasteiger partial charge on any atom is -0.467 e. The molecule has 0 aliphatic carbocycles. The molecule has 1 heterocycles. The maximum atomic E-state index is 12.6. The lowest BCUT2D eigenvalue weighted by molar-refractivity contribution is -0.145. The first kappa shape index (κ1) is 19.7. The summed E-state index contributed by atoms with van der Waals surface area (Å²) in [6.07, 6.45) is 4.40. The predicted octanol–water partition coefficient (Wildman–Crippen LogP) is 5.73. The molecule has 0 saturated heterocycles. The number of benzene rings is 3. The average Bonchev–Trinajstić information content (AvgIpc) is 2.84. The summed E-state index contributed by atoms with van der Waals surface area (Å²) >= 11 is 0. The Morgan fingerprint density at radius 1 is 0.833 bits per heavy atom. The van der Waals surface area contributed by atoms with E-state index in [9.17, 15) is 4.79 Å². The van der Waals surface area contributed by atoms with Crippen molar-refractivity contribution < 1.29 is 9.53 Å². The number of esters is 1. The van der Waals surface area contributed by atoms with Crippen LogP contribution in [0.3, 0.4) is 0 Å².